The van der Waals surface area contributed by atoms with Crippen molar-refractivity contribution in [1.29, 1.82) is 0 Å². The van der Waals surface area contributed by atoms with Gasteiger partial charge in [-0.25, -0.2) is 9.97 Å². The molecule has 0 unspecified atom stereocenters. The van der Waals surface area contributed by atoms with E-state index in [0.717, 1.165) is 57.9 Å². The molecule has 0 bridgehead atoms. The molecule has 146 valence electrons. The lowest BCUT2D eigenvalue weighted by atomic mass is 10.2. The molecule has 0 radical (unpaired) electrons. The van der Waals surface area contributed by atoms with Crippen LogP contribution in [0.5, 0.6) is 0 Å². The molecule has 0 atom stereocenters. The van der Waals surface area contributed by atoms with E-state index >= 15 is 0 Å². The molecule has 1 saturated heterocycles. The molecule has 2 aromatic heterocycles. The second kappa shape index (κ2) is 8.00. The fourth-order valence-electron chi connectivity index (χ4n) is 3.48. The summed E-state index contributed by atoms with van der Waals surface area (Å²) in [6, 6.07) is 6.03. The van der Waals surface area contributed by atoms with Gasteiger partial charge in [0.25, 0.3) is 0 Å². The van der Waals surface area contributed by atoms with Crippen LogP contribution in [0.1, 0.15) is 5.56 Å². The fraction of sp³-hybridized carbons (Fsp3) is 0.368. The number of carbonyl (C=O) groups excluding carboxylic acids is 1. The van der Waals surface area contributed by atoms with Crippen LogP contribution in [0.2, 0.25) is 0 Å². The Bertz CT molecular complexity index is 1010. The van der Waals surface area contributed by atoms with Crippen molar-refractivity contribution in [3.8, 4) is 0 Å². The first-order chi connectivity index (χ1) is 13.5. The van der Waals surface area contributed by atoms with Crippen molar-refractivity contribution in [3.63, 3.8) is 0 Å². The Morgan fingerprint density at radius 1 is 1.21 bits per heavy atom. The van der Waals surface area contributed by atoms with Crippen LogP contribution in [0.3, 0.4) is 0 Å². The maximum absolute atomic E-state index is 12.4. The summed E-state index contributed by atoms with van der Waals surface area (Å²) in [5.74, 6) is 0.936. The van der Waals surface area contributed by atoms with Crippen LogP contribution < -0.4 is 10.2 Å². The number of nitrogens with one attached hydrogen (secondary N) is 1. The van der Waals surface area contributed by atoms with Crippen molar-refractivity contribution in [2.75, 3.05) is 42.9 Å². The second-order valence-corrected chi connectivity index (χ2v) is 8.22. The summed E-state index contributed by atoms with van der Waals surface area (Å²) >= 11 is 2.27. The zero-order chi connectivity index (χ0) is 19.7. The zero-order valence-electron chi connectivity index (χ0n) is 15.9. The smallest absolute Gasteiger partial charge is 0.238 e. The minimum Gasteiger partial charge on any atom is -0.353 e. The minimum absolute atomic E-state index is 0.0226. The van der Waals surface area contributed by atoms with E-state index in [-0.39, 0.29) is 5.91 Å². The third-order valence-electron chi connectivity index (χ3n) is 5.01. The molecule has 1 amide bonds. The Morgan fingerprint density at radius 2 is 2.00 bits per heavy atom. The summed E-state index contributed by atoms with van der Waals surface area (Å²) in [7, 11) is 1.88. The molecule has 8 nitrogen and oxygen atoms in total. The summed E-state index contributed by atoms with van der Waals surface area (Å²) in [6.07, 6.45) is 3.40. The van der Waals surface area contributed by atoms with E-state index in [0.29, 0.717) is 6.54 Å². The lowest BCUT2D eigenvalue weighted by Crippen LogP contribution is -2.49. The van der Waals surface area contributed by atoms with Crippen molar-refractivity contribution in [2.45, 2.75) is 6.92 Å². The van der Waals surface area contributed by atoms with E-state index in [1.807, 2.05) is 32.3 Å². The fourth-order valence-corrected chi connectivity index (χ4v) is 4.13. The molecule has 1 aliphatic heterocycles. The van der Waals surface area contributed by atoms with Crippen LogP contribution in [0, 0.1) is 10.5 Å². The molecule has 1 aromatic carbocycles. The van der Waals surface area contributed by atoms with Gasteiger partial charge in [-0.3, -0.25) is 14.4 Å². The van der Waals surface area contributed by atoms with Crippen LogP contribution in [-0.4, -0.2) is 63.3 Å². The van der Waals surface area contributed by atoms with Gasteiger partial charge in [0.1, 0.15) is 12.1 Å². The highest BCUT2D eigenvalue weighted by Crippen LogP contribution is 2.23. The highest BCUT2D eigenvalue weighted by Gasteiger charge is 2.22. The van der Waals surface area contributed by atoms with E-state index in [1.54, 1.807) is 11.0 Å². The van der Waals surface area contributed by atoms with Crippen molar-refractivity contribution >= 4 is 51.0 Å². The Balaban J connectivity index is 1.35. The highest BCUT2D eigenvalue weighted by molar-refractivity contribution is 14.1. The van der Waals surface area contributed by atoms with Gasteiger partial charge < -0.3 is 10.2 Å². The van der Waals surface area contributed by atoms with Gasteiger partial charge >= 0.3 is 0 Å². The molecule has 4 rings (SSSR count). The molecule has 1 aliphatic rings. The van der Waals surface area contributed by atoms with Crippen LogP contribution in [-0.2, 0) is 11.8 Å². The first-order valence-electron chi connectivity index (χ1n) is 9.17. The summed E-state index contributed by atoms with van der Waals surface area (Å²) < 4.78 is 2.92. The molecule has 0 saturated carbocycles. The molecule has 0 aliphatic carbocycles. The normalized spacial score (nSPS) is 15.2. The molecule has 1 fully saturated rings. The predicted molar refractivity (Wildman–Crippen MR) is 117 cm³/mol. The molecular formula is C19H22IN7O. The summed E-state index contributed by atoms with van der Waals surface area (Å²) in [5, 5.41) is 8.27. The van der Waals surface area contributed by atoms with Gasteiger partial charge in [0.05, 0.1) is 18.1 Å². The predicted octanol–water partition coefficient (Wildman–Crippen LogP) is 2.04. The number of nitrogens with zero attached hydrogens (tertiary/aromatic N) is 6. The van der Waals surface area contributed by atoms with E-state index in [9.17, 15) is 4.79 Å². The monoisotopic (exact) mass is 491 g/mol. The molecule has 9 heteroatoms. The second-order valence-electron chi connectivity index (χ2n) is 6.97. The van der Waals surface area contributed by atoms with E-state index in [4.69, 9.17) is 0 Å². The van der Waals surface area contributed by atoms with Crippen molar-refractivity contribution < 1.29 is 4.79 Å². The van der Waals surface area contributed by atoms with Gasteiger partial charge in [-0.1, -0.05) is 0 Å². The number of hydrogen-bond donors (Lipinski definition) is 1. The number of anilines is 2. The van der Waals surface area contributed by atoms with Gasteiger partial charge in [-0.15, -0.1) is 0 Å². The topological polar surface area (TPSA) is 79.2 Å². The summed E-state index contributed by atoms with van der Waals surface area (Å²) in [4.78, 5) is 25.6. The quantitative estimate of drug-likeness (QED) is 0.563. The maximum Gasteiger partial charge on any atom is 0.238 e. The van der Waals surface area contributed by atoms with Gasteiger partial charge in [-0.2, -0.15) is 5.10 Å². The van der Waals surface area contributed by atoms with Gasteiger partial charge in [0, 0.05) is 42.5 Å². The Morgan fingerprint density at radius 3 is 2.75 bits per heavy atom. The number of amides is 1. The minimum atomic E-state index is 0.0226. The van der Waals surface area contributed by atoms with Crippen LogP contribution in [0.25, 0.3) is 11.0 Å². The van der Waals surface area contributed by atoms with Crippen molar-refractivity contribution in [3.05, 3.63) is 39.9 Å². The number of rotatable bonds is 4. The standard InChI is InChI=1S/C19H22IN7O/c1-13-9-14(20)3-4-16(13)24-17(28)11-26-5-7-27(8-6-26)19-15-10-23-25(2)18(15)21-12-22-19/h3-4,9-10,12H,5-8,11H2,1-2H3,(H,24,28). The Labute approximate surface area is 177 Å². The number of carbonyl (C=O) groups is 1. The number of hydrogen-bond acceptors (Lipinski definition) is 6. The highest BCUT2D eigenvalue weighted by atomic mass is 127. The summed E-state index contributed by atoms with van der Waals surface area (Å²) in [6.45, 7) is 5.66. The SMILES string of the molecule is Cc1cc(I)ccc1NC(=O)CN1CCN(c2ncnc3c2cnn3C)CC1. The van der Waals surface area contributed by atoms with E-state index in [2.05, 4.69) is 58.8 Å². The molecular weight excluding hydrogens is 469 g/mol. The molecule has 3 heterocycles. The zero-order valence-corrected chi connectivity index (χ0v) is 18.0. The molecule has 0 spiro atoms. The van der Waals surface area contributed by atoms with Crippen LogP contribution >= 0.6 is 22.6 Å². The average molecular weight is 491 g/mol. The average Bonchev–Trinajstić information content (AvgIpc) is 3.06. The van der Waals surface area contributed by atoms with Crippen LogP contribution in [0.4, 0.5) is 11.5 Å². The number of aryl methyl sites for hydroxylation is 2. The number of aromatic nitrogens is 4. The third-order valence-corrected chi connectivity index (χ3v) is 5.68. The van der Waals surface area contributed by atoms with Gasteiger partial charge in [0.15, 0.2) is 5.65 Å². The molecule has 3 aromatic rings. The number of benzene rings is 1. The largest absolute Gasteiger partial charge is 0.353 e. The lowest BCUT2D eigenvalue weighted by Gasteiger charge is -2.35. The lowest BCUT2D eigenvalue weighted by molar-refractivity contribution is -0.117. The van der Waals surface area contributed by atoms with Crippen molar-refractivity contribution in [1.82, 2.24) is 24.6 Å². The van der Waals surface area contributed by atoms with E-state index in [1.165, 1.54) is 0 Å². The number of piperazine rings is 1. The molecule has 28 heavy (non-hydrogen) atoms. The van der Waals surface area contributed by atoms with E-state index < -0.39 is 0 Å². The first kappa shape index (κ1) is 19.1. The number of fused-ring (bicyclic) bond motifs is 1. The maximum atomic E-state index is 12.4. The van der Waals surface area contributed by atoms with Crippen LogP contribution in [0.15, 0.2) is 30.7 Å². The van der Waals surface area contributed by atoms with Gasteiger partial charge in [0.2, 0.25) is 5.91 Å². The summed E-state index contributed by atoms with van der Waals surface area (Å²) in [5.41, 5.74) is 2.79. The third kappa shape index (κ3) is 3.95. The Hall–Kier alpha value is -2.27. The Kier molecular flexibility index (Phi) is 5.44. The van der Waals surface area contributed by atoms with Crippen molar-refractivity contribution in [2.24, 2.45) is 7.05 Å². The number of halogens is 1. The van der Waals surface area contributed by atoms with Gasteiger partial charge in [-0.05, 0) is 53.3 Å². The molecule has 1 N–H and O–H groups in total. The first-order valence-corrected chi connectivity index (χ1v) is 10.2.